The van der Waals surface area contributed by atoms with E-state index in [-0.39, 0.29) is 17.2 Å². The number of hydrogen-bond donors (Lipinski definition) is 0. The molecule has 0 fully saturated rings. The van der Waals surface area contributed by atoms with Crippen LogP contribution in [0.15, 0.2) is 182 Å². The molecule has 0 bridgehead atoms. The number of halogens is 6. The highest BCUT2D eigenvalue weighted by Crippen LogP contribution is 2.45. The zero-order chi connectivity index (χ0) is 43.7. The second-order valence-corrected chi connectivity index (χ2v) is 16.4. The van der Waals surface area contributed by atoms with E-state index in [9.17, 15) is 26.3 Å². The SMILES string of the molecule is FC(F)(F)c1ccc(-c2ccc3c(c2)c2ccccc2n3-c2ccc(-c3cccc4c3sc3ccccc34)cc2-c2nc(-c3ccccc3)nc(-c3ccccc3)n2)c(C(F)(F)F)c1. The van der Waals surface area contributed by atoms with Crippen molar-refractivity contribution in [1.29, 1.82) is 0 Å². The van der Waals surface area contributed by atoms with Gasteiger partial charge in [0, 0.05) is 47.6 Å². The van der Waals surface area contributed by atoms with E-state index in [1.54, 1.807) is 23.5 Å². The summed E-state index contributed by atoms with van der Waals surface area (Å²) < 4.78 is 88.8. The molecular formula is C53H30F6N4S. The van der Waals surface area contributed by atoms with Crippen LogP contribution in [0, 0.1) is 0 Å². The summed E-state index contributed by atoms with van der Waals surface area (Å²) in [4.78, 5) is 15.3. The summed E-state index contributed by atoms with van der Waals surface area (Å²) in [7, 11) is 0. The summed E-state index contributed by atoms with van der Waals surface area (Å²) in [5.41, 5.74) is 3.34. The van der Waals surface area contributed by atoms with E-state index in [0.717, 1.165) is 49.3 Å². The predicted octanol–water partition coefficient (Wildman–Crippen LogP) is 15.7. The van der Waals surface area contributed by atoms with Gasteiger partial charge in [0.1, 0.15) is 0 Å². The molecular weight excluding hydrogens is 839 g/mol. The molecule has 4 nitrogen and oxygen atoms in total. The van der Waals surface area contributed by atoms with Gasteiger partial charge in [-0.05, 0) is 70.8 Å². The number of para-hydroxylation sites is 1. The van der Waals surface area contributed by atoms with Crippen molar-refractivity contribution in [3.63, 3.8) is 0 Å². The first-order valence-electron chi connectivity index (χ1n) is 20.2. The van der Waals surface area contributed by atoms with Crippen LogP contribution >= 0.6 is 11.3 Å². The lowest BCUT2D eigenvalue weighted by Gasteiger charge is -2.17. The Balaban J connectivity index is 1.18. The fourth-order valence-electron chi connectivity index (χ4n) is 8.59. The summed E-state index contributed by atoms with van der Waals surface area (Å²) in [5, 5.41) is 3.65. The van der Waals surface area contributed by atoms with Crippen molar-refractivity contribution in [2.45, 2.75) is 12.4 Å². The molecule has 0 N–H and O–H groups in total. The zero-order valence-electron chi connectivity index (χ0n) is 33.3. The van der Waals surface area contributed by atoms with Crippen molar-refractivity contribution in [3.8, 4) is 62.1 Å². The van der Waals surface area contributed by atoms with Gasteiger partial charge in [-0.25, -0.2) is 15.0 Å². The Labute approximate surface area is 365 Å². The number of rotatable bonds is 6. The van der Waals surface area contributed by atoms with Gasteiger partial charge in [0.2, 0.25) is 0 Å². The van der Waals surface area contributed by atoms with Gasteiger partial charge in [0.05, 0.1) is 27.8 Å². The predicted molar refractivity (Wildman–Crippen MR) is 244 cm³/mol. The molecule has 0 atom stereocenters. The summed E-state index contributed by atoms with van der Waals surface area (Å²) >= 11 is 1.72. The van der Waals surface area contributed by atoms with Gasteiger partial charge in [-0.1, -0.05) is 133 Å². The molecule has 64 heavy (non-hydrogen) atoms. The maximum atomic E-state index is 14.5. The van der Waals surface area contributed by atoms with Crippen LogP contribution in [0.4, 0.5) is 26.3 Å². The minimum absolute atomic E-state index is 0.126. The monoisotopic (exact) mass is 868 g/mol. The van der Waals surface area contributed by atoms with E-state index in [0.29, 0.717) is 45.7 Å². The van der Waals surface area contributed by atoms with Crippen molar-refractivity contribution in [3.05, 3.63) is 193 Å². The lowest BCUT2D eigenvalue weighted by molar-refractivity contribution is -0.142. The first-order valence-corrected chi connectivity index (χ1v) is 21.1. The van der Waals surface area contributed by atoms with Gasteiger partial charge in [0.25, 0.3) is 0 Å². The Bertz CT molecular complexity index is 3540. The third kappa shape index (κ3) is 6.76. The molecule has 11 aromatic rings. The molecule has 8 aromatic carbocycles. The Morgan fingerprint density at radius 1 is 0.391 bits per heavy atom. The number of hydrogen-bond acceptors (Lipinski definition) is 4. The van der Waals surface area contributed by atoms with E-state index in [1.807, 2.05) is 108 Å². The quantitative estimate of drug-likeness (QED) is 0.156. The molecule has 0 amide bonds. The first-order chi connectivity index (χ1) is 31.0. The lowest BCUT2D eigenvalue weighted by atomic mass is 9.95. The molecule has 0 saturated carbocycles. The van der Waals surface area contributed by atoms with Crippen LogP contribution in [-0.2, 0) is 12.4 Å². The van der Waals surface area contributed by atoms with Crippen molar-refractivity contribution >= 4 is 53.3 Å². The molecule has 0 aliphatic heterocycles. The fraction of sp³-hybridized carbons (Fsp3) is 0.0377. The molecule has 0 spiro atoms. The van der Waals surface area contributed by atoms with Crippen LogP contribution in [0.5, 0.6) is 0 Å². The van der Waals surface area contributed by atoms with Gasteiger partial charge < -0.3 is 4.57 Å². The molecule has 3 heterocycles. The van der Waals surface area contributed by atoms with Crippen LogP contribution in [0.2, 0.25) is 0 Å². The normalized spacial score (nSPS) is 12.2. The van der Waals surface area contributed by atoms with Gasteiger partial charge >= 0.3 is 12.4 Å². The molecule has 11 heteroatoms. The Hall–Kier alpha value is -7.63. The number of fused-ring (bicyclic) bond motifs is 6. The average Bonchev–Trinajstić information content (AvgIpc) is 3.87. The second-order valence-electron chi connectivity index (χ2n) is 15.4. The Morgan fingerprint density at radius 3 is 1.69 bits per heavy atom. The largest absolute Gasteiger partial charge is 0.417 e. The van der Waals surface area contributed by atoms with E-state index < -0.39 is 23.5 Å². The Morgan fingerprint density at radius 2 is 0.984 bits per heavy atom. The van der Waals surface area contributed by atoms with E-state index >= 15 is 0 Å². The zero-order valence-corrected chi connectivity index (χ0v) is 34.1. The van der Waals surface area contributed by atoms with Gasteiger partial charge in [-0.2, -0.15) is 26.3 Å². The average molecular weight is 869 g/mol. The number of thiophene rings is 1. The highest BCUT2D eigenvalue weighted by Gasteiger charge is 2.38. The van der Waals surface area contributed by atoms with Crippen LogP contribution in [0.1, 0.15) is 11.1 Å². The lowest BCUT2D eigenvalue weighted by Crippen LogP contribution is -2.12. The smallest absolute Gasteiger partial charge is 0.309 e. The van der Waals surface area contributed by atoms with Gasteiger partial charge in [-0.3, -0.25) is 0 Å². The van der Waals surface area contributed by atoms with Crippen LogP contribution in [0.25, 0.3) is 104 Å². The standard InChI is InChI=1S/C53H30F6N4S/c54-52(55,56)35-24-25-36(43(30-35)53(57,58)59)33-22-26-45-41(28-33)38-16-7-9-20-44(38)63(45)46-27-23-34(37-18-11-19-40-39-17-8-10-21-47(39)64-48(37)40)29-42(46)51-61-49(31-12-3-1-4-13-31)60-50(62-51)32-14-5-2-6-15-32/h1-30H. The second kappa shape index (κ2) is 15.0. The minimum atomic E-state index is -5.04. The van der Waals surface area contributed by atoms with E-state index in [4.69, 9.17) is 15.0 Å². The van der Waals surface area contributed by atoms with Crippen molar-refractivity contribution in [2.24, 2.45) is 0 Å². The molecule has 11 rings (SSSR count). The highest BCUT2D eigenvalue weighted by molar-refractivity contribution is 7.26. The summed E-state index contributed by atoms with van der Waals surface area (Å²) in [6.45, 7) is 0. The molecule has 0 saturated heterocycles. The summed E-state index contributed by atoms with van der Waals surface area (Å²) in [6.07, 6.45) is -9.99. The molecule has 0 aliphatic carbocycles. The third-order valence-electron chi connectivity index (χ3n) is 11.5. The topological polar surface area (TPSA) is 43.6 Å². The number of benzene rings is 8. The fourth-order valence-corrected chi connectivity index (χ4v) is 9.83. The van der Waals surface area contributed by atoms with Gasteiger partial charge in [0.15, 0.2) is 17.5 Å². The van der Waals surface area contributed by atoms with Crippen molar-refractivity contribution in [1.82, 2.24) is 19.5 Å². The summed E-state index contributed by atoms with van der Waals surface area (Å²) in [5.74, 6) is 1.34. The number of aromatic nitrogens is 4. The molecule has 0 aliphatic rings. The van der Waals surface area contributed by atoms with Crippen LogP contribution < -0.4 is 0 Å². The minimum Gasteiger partial charge on any atom is -0.309 e. The molecule has 0 radical (unpaired) electrons. The van der Waals surface area contributed by atoms with Crippen LogP contribution in [0.3, 0.4) is 0 Å². The maximum absolute atomic E-state index is 14.5. The van der Waals surface area contributed by atoms with E-state index in [1.165, 1.54) is 16.2 Å². The maximum Gasteiger partial charge on any atom is 0.417 e. The van der Waals surface area contributed by atoms with Gasteiger partial charge in [-0.15, -0.1) is 11.3 Å². The van der Waals surface area contributed by atoms with Crippen LogP contribution in [-0.4, -0.2) is 19.5 Å². The highest BCUT2D eigenvalue weighted by atomic mass is 32.1. The first kappa shape index (κ1) is 39.2. The number of nitrogens with zero attached hydrogens (tertiary/aromatic N) is 4. The summed E-state index contributed by atoms with van der Waals surface area (Å²) in [6, 6.07) is 54.3. The van der Waals surface area contributed by atoms with E-state index in [2.05, 4.69) is 42.5 Å². The number of alkyl halides is 6. The van der Waals surface area contributed by atoms with Crippen molar-refractivity contribution < 1.29 is 26.3 Å². The Kier molecular flexibility index (Phi) is 9.21. The molecule has 3 aromatic heterocycles. The molecule has 310 valence electrons. The third-order valence-corrected chi connectivity index (χ3v) is 12.7. The molecule has 0 unspecified atom stereocenters. The van der Waals surface area contributed by atoms with Crippen molar-refractivity contribution in [2.75, 3.05) is 0 Å².